The Morgan fingerprint density at radius 3 is 2.53 bits per heavy atom. The van der Waals surface area contributed by atoms with E-state index in [2.05, 4.69) is 29.6 Å². The minimum absolute atomic E-state index is 0.0174. The quantitative estimate of drug-likeness (QED) is 0.415. The zero-order chi connectivity index (χ0) is 12.3. The van der Waals surface area contributed by atoms with Crippen molar-refractivity contribution in [3.63, 3.8) is 0 Å². The summed E-state index contributed by atoms with van der Waals surface area (Å²) in [5.74, 6) is 0. The lowest BCUT2D eigenvalue weighted by Gasteiger charge is -2.12. The zero-order valence-electron chi connectivity index (χ0n) is 10.8. The molecule has 1 rings (SSSR count). The SMILES string of the molecule is COC(C[SiH2]CCCNc1ccccc1)OC. The summed E-state index contributed by atoms with van der Waals surface area (Å²) in [6, 6.07) is 12.8. The van der Waals surface area contributed by atoms with Crippen LogP contribution in [0, 0.1) is 0 Å². The molecule has 0 atom stereocenters. The first-order valence-corrected chi connectivity index (χ1v) is 8.21. The number of nitrogens with one attached hydrogen (secondary N) is 1. The molecule has 1 aromatic rings. The van der Waals surface area contributed by atoms with E-state index in [-0.39, 0.29) is 15.8 Å². The Hall–Kier alpha value is -0.843. The largest absolute Gasteiger partial charge is 0.385 e. The van der Waals surface area contributed by atoms with E-state index in [1.165, 1.54) is 18.2 Å². The molecule has 0 unspecified atom stereocenters. The minimum atomic E-state index is -0.0483. The zero-order valence-corrected chi connectivity index (χ0v) is 12.2. The molecule has 0 aliphatic rings. The van der Waals surface area contributed by atoms with Gasteiger partial charge >= 0.3 is 0 Å². The summed E-state index contributed by atoms with van der Waals surface area (Å²) in [5, 5.41) is 3.42. The molecule has 0 aliphatic carbocycles. The summed E-state index contributed by atoms with van der Waals surface area (Å²) in [4.78, 5) is 0. The Balaban J connectivity index is 1.98. The van der Waals surface area contributed by atoms with Crippen LogP contribution in [-0.4, -0.2) is 36.6 Å². The first-order chi connectivity index (χ1) is 8.36. The lowest BCUT2D eigenvalue weighted by molar-refractivity contribution is -0.0876. The number of hydrogen-bond acceptors (Lipinski definition) is 3. The van der Waals surface area contributed by atoms with Crippen molar-refractivity contribution in [3.05, 3.63) is 30.3 Å². The number of ether oxygens (including phenoxy) is 2. The molecule has 0 radical (unpaired) electrons. The second-order valence-electron chi connectivity index (χ2n) is 4.04. The lowest BCUT2D eigenvalue weighted by atomic mass is 10.3. The summed E-state index contributed by atoms with van der Waals surface area (Å²) in [7, 11) is 3.37. The third kappa shape index (κ3) is 6.46. The predicted octanol–water partition coefficient (Wildman–Crippen LogP) is 2.11. The molecule has 0 aliphatic heterocycles. The van der Waals surface area contributed by atoms with Crippen molar-refractivity contribution in [1.29, 1.82) is 0 Å². The van der Waals surface area contributed by atoms with Gasteiger partial charge < -0.3 is 14.8 Å². The van der Waals surface area contributed by atoms with Gasteiger partial charge in [0.2, 0.25) is 0 Å². The highest BCUT2D eigenvalue weighted by Crippen LogP contribution is 2.06. The molecule has 0 bridgehead atoms. The standard InChI is InChI=1S/C13H23NO2Si/c1-15-13(16-2)11-17-10-6-9-14-12-7-4-3-5-8-12/h3-5,7-8,13-14H,6,9-11,17H2,1-2H3. The van der Waals surface area contributed by atoms with Crippen molar-refractivity contribution in [2.75, 3.05) is 26.1 Å². The average Bonchev–Trinajstić information content (AvgIpc) is 2.39. The molecule has 4 heteroatoms. The maximum Gasteiger partial charge on any atom is 0.153 e. The van der Waals surface area contributed by atoms with Gasteiger partial charge in [0.1, 0.15) is 0 Å². The molecule has 0 heterocycles. The Bertz CT molecular complexity index is 278. The van der Waals surface area contributed by atoms with Crippen LogP contribution in [0.5, 0.6) is 0 Å². The van der Waals surface area contributed by atoms with Gasteiger partial charge in [0.05, 0.1) is 0 Å². The van der Waals surface area contributed by atoms with E-state index in [9.17, 15) is 0 Å². The van der Waals surface area contributed by atoms with Crippen LogP contribution in [-0.2, 0) is 9.47 Å². The smallest absolute Gasteiger partial charge is 0.153 e. The normalized spacial score (nSPS) is 11.5. The van der Waals surface area contributed by atoms with E-state index in [4.69, 9.17) is 9.47 Å². The molecule has 0 spiro atoms. The highest BCUT2D eigenvalue weighted by molar-refractivity contribution is 6.35. The maximum atomic E-state index is 5.17. The predicted molar refractivity (Wildman–Crippen MR) is 75.5 cm³/mol. The third-order valence-electron chi connectivity index (χ3n) is 2.75. The van der Waals surface area contributed by atoms with Crippen molar-refractivity contribution >= 4 is 15.2 Å². The molecule has 17 heavy (non-hydrogen) atoms. The van der Waals surface area contributed by atoms with Crippen LogP contribution in [0.1, 0.15) is 6.42 Å². The third-order valence-corrected chi connectivity index (χ3v) is 4.62. The Labute approximate surface area is 106 Å². The fraction of sp³-hybridized carbons (Fsp3) is 0.538. The molecule has 1 N–H and O–H groups in total. The van der Waals surface area contributed by atoms with Crippen LogP contribution in [0.3, 0.4) is 0 Å². The van der Waals surface area contributed by atoms with Crippen LogP contribution >= 0.6 is 0 Å². The fourth-order valence-corrected chi connectivity index (χ4v) is 3.43. The van der Waals surface area contributed by atoms with Crippen molar-refractivity contribution in [2.24, 2.45) is 0 Å². The molecule has 96 valence electrons. The van der Waals surface area contributed by atoms with E-state index in [1.807, 2.05) is 6.07 Å². The van der Waals surface area contributed by atoms with Gasteiger partial charge in [0.15, 0.2) is 6.29 Å². The highest BCUT2D eigenvalue weighted by Gasteiger charge is 2.03. The molecule has 1 aromatic carbocycles. The van der Waals surface area contributed by atoms with Gasteiger partial charge in [-0.05, 0) is 24.6 Å². The molecule has 0 amide bonds. The molecule has 0 saturated heterocycles. The van der Waals surface area contributed by atoms with Crippen LogP contribution in [0.4, 0.5) is 5.69 Å². The van der Waals surface area contributed by atoms with Crippen molar-refractivity contribution < 1.29 is 9.47 Å². The first kappa shape index (κ1) is 14.2. The number of benzene rings is 1. The summed E-state index contributed by atoms with van der Waals surface area (Å²) in [5.41, 5.74) is 1.21. The van der Waals surface area contributed by atoms with Gasteiger partial charge in [0.25, 0.3) is 0 Å². The van der Waals surface area contributed by atoms with E-state index in [0.29, 0.717) is 0 Å². The van der Waals surface area contributed by atoms with E-state index in [0.717, 1.165) is 12.6 Å². The number of anilines is 1. The summed E-state index contributed by atoms with van der Waals surface area (Å²) in [6.07, 6.45) is 1.25. The van der Waals surface area contributed by atoms with Gasteiger partial charge in [-0.25, -0.2) is 0 Å². The molecule has 0 aromatic heterocycles. The molecule has 0 fully saturated rings. The number of hydrogen-bond donors (Lipinski definition) is 1. The van der Waals surface area contributed by atoms with Crippen molar-refractivity contribution in [3.8, 4) is 0 Å². The average molecular weight is 253 g/mol. The lowest BCUT2D eigenvalue weighted by Crippen LogP contribution is -2.15. The minimum Gasteiger partial charge on any atom is -0.385 e. The van der Waals surface area contributed by atoms with Crippen LogP contribution in [0.2, 0.25) is 12.1 Å². The Morgan fingerprint density at radius 1 is 1.18 bits per heavy atom. The summed E-state index contributed by atoms with van der Waals surface area (Å²) < 4.78 is 10.3. The summed E-state index contributed by atoms with van der Waals surface area (Å²) in [6.45, 7) is 1.06. The maximum absolute atomic E-state index is 5.17. The van der Waals surface area contributed by atoms with Gasteiger partial charge in [-0.2, -0.15) is 0 Å². The van der Waals surface area contributed by atoms with Gasteiger partial charge in [-0.3, -0.25) is 0 Å². The number of para-hydroxylation sites is 1. The van der Waals surface area contributed by atoms with Crippen molar-refractivity contribution in [2.45, 2.75) is 24.8 Å². The first-order valence-electron chi connectivity index (χ1n) is 6.21. The van der Waals surface area contributed by atoms with E-state index < -0.39 is 0 Å². The van der Waals surface area contributed by atoms with E-state index in [1.54, 1.807) is 14.2 Å². The molecule has 3 nitrogen and oxygen atoms in total. The Morgan fingerprint density at radius 2 is 1.88 bits per heavy atom. The molecule has 0 saturated carbocycles. The monoisotopic (exact) mass is 253 g/mol. The molecular weight excluding hydrogens is 230 g/mol. The van der Waals surface area contributed by atoms with Gasteiger partial charge in [-0.1, -0.05) is 24.2 Å². The van der Waals surface area contributed by atoms with Crippen LogP contribution < -0.4 is 5.32 Å². The van der Waals surface area contributed by atoms with Crippen LogP contribution in [0.25, 0.3) is 0 Å². The van der Waals surface area contributed by atoms with E-state index >= 15 is 0 Å². The second-order valence-corrected chi connectivity index (χ2v) is 6.03. The van der Waals surface area contributed by atoms with Crippen LogP contribution in [0.15, 0.2) is 30.3 Å². The second kappa shape index (κ2) is 9.21. The summed E-state index contributed by atoms with van der Waals surface area (Å²) >= 11 is 0. The highest BCUT2D eigenvalue weighted by atomic mass is 28.2. The van der Waals surface area contributed by atoms with Gasteiger partial charge in [-0.15, -0.1) is 0 Å². The fourth-order valence-electron chi connectivity index (χ4n) is 1.73. The Kier molecular flexibility index (Phi) is 7.71. The van der Waals surface area contributed by atoms with Crippen molar-refractivity contribution in [1.82, 2.24) is 0 Å². The van der Waals surface area contributed by atoms with Gasteiger partial charge in [0, 0.05) is 36.0 Å². The number of rotatable bonds is 9. The number of methoxy groups -OCH3 is 2. The molecular formula is C13H23NO2Si. The topological polar surface area (TPSA) is 30.5 Å².